The highest BCUT2D eigenvalue weighted by Crippen LogP contribution is 1.82. The maximum Gasteiger partial charge on any atom is 0.488 e. The molecule has 0 saturated carbocycles. The largest absolute Gasteiger partial charge is 0.488 e. The first-order valence-electron chi connectivity index (χ1n) is 5.53. The van der Waals surface area contributed by atoms with Gasteiger partial charge in [0.05, 0.1) is 0 Å². The number of benzene rings is 1. The molecule has 0 aliphatic carbocycles. The molecule has 1 rings (SSSR count). The molecule has 0 amide bonds. The van der Waals surface area contributed by atoms with Crippen molar-refractivity contribution in [2.75, 3.05) is 0 Å². The minimum Gasteiger partial charge on any atom is -0.423 e. The Hall–Kier alpha value is -1.13. The van der Waals surface area contributed by atoms with Crippen LogP contribution in [0.15, 0.2) is 30.3 Å². The van der Waals surface area contributed by atoms with Gasteiger partial charge in [0.1, 0.15) is 6.29 Å². The zero-order valence-electron chi connectivity index (χ0n) is 10.8. The summed E-state index contributed by atoms with van der Waals surface area (Å²) in [5.41, 5.74) is 0.525. The third-order valence-corrected chi connectivity index (χ3v) is 1.10. The molecule has 92 valence electrons. The van der Waals surface area contributed by atoms with Gasteiger partial charge in [0.2, 0.25) is 0 Å². The second kappa shape index (κ2) is 19.4. The van der Waals surface area contributed by atoms with E-state index in [-0.39, 0.29) is 0 Å². The van der Waals surface area contributed by atoms with Gasteiger partial charge in [-0.15, -0.1) is 0 Å². The van der Waals surface area contributed by atoms with Crippen LogP contribution >= 0.6 is 0 Å². The molecular weight excluding hydrogens is 203 g/mol. The lowest BCUT2D eigenvalue weighted by atomic mass is 9.81. The van der Waals surface area contributed by atoms with Crippen LogP contribution in [0.25, 0.3) is 0 Å². The van der Waals surface area contributed by atoms with Crippen LogP contribution in [0.4, 0.5) is 0 Å². The molecule has 4 heteroatoms. The Labute approximate surface area is 99.3 Å². The van der Waals surface area contributed by atoms with Crippen molar-refractivity contribution in [2.24, 2.45) is 0 Å². The molecule has 3 nitrogen and oxygen atoms in total. The van der Waals surface area contributed by atoms with Crippen LogP contribution in [0, 0.1) is 0 Å². The number of rotatable bonds is 1. The minimum atomic E-state index is -1.34. The molecule has 0 spiro atoms. The molecule has 0 fully saturated rings. The lowest BCUT2D eigenvalue weighted by Crippen LogP contribution is -2.29. The van der Waals surface area contributed by atoms with E-state index in [0.29, 0.717) is 5.46 Å². The van der Waals surface area contributed by atoms with E-state index >= 15 is 0 Å². The summed E-state index contributed by atoms with van der Waals surface area (Å²) in [4.78, 5) is 8.81. The molecule has 16 heavy (non-hydrogen) atoms. The van der Waals surface area contributed by atoms with E-state index < -0.39 is 7.12 Å². The van der Waals surface area contributed by atoms with Gasteiger partial charge >= 0.3 is 7.12 Å². The average molecular weight is 226 g/mol. The zero-order valence-corrected chi connectivity index (χ0v) is 10.8. The van der Waals surface area contributed by atoms with Gasteiger partial charge in [0, 0.05) is 0 Å². The first-order valence-corrected chi connectivity index (χ1v) is 5.53. The molecule has 1 aromatic rings. The summed E-state index contributed by atoms with van der Waals surface area (Å²) in [5, 5.41) is 17.2. The fraction of sp³-hybridized carbons (Fsp3) is 0.417. The predicted molar refractivity (Wildman–Crippen MR) is 70.7 cm³/mol. The van der Waals surface area contributed by atoms with Crippen molar-refractivity contribution in [3.8, 4) is 0 Å². The van der Waals surface area contributed by atoms with Gasteiger partial charge in [0.15, 0.2) is 0 Å². The number of carbonyl (C=O) groups excluding carboxylic acids is 1. The van der Waals surface area contributed by atoms with Crippen LogP contribution in [-0.2, 0) is 4.79 Å². The van der Waals surface area contributed by atoms with Crippen molar-refractivity contribution >= 4 is 18.9 Å². The lowest BCUT2D eigenvalue weighted by molar-refractivity contribution is -0.106. The Morgan fingerprint density at radius 2 is 1.31 bits per heavy atom. The molecule has 0 aliphatic rings. The second-order valence-electron chi connectivity index (χ2n) is 2.02. The number of carbonyl (C=O) groups is 1. The summed E-state index contributed by atoms with van der Waals surface area (Å²) in [6.07, 6.45) is 0.750. The van der Waals surface area contributed by atoms with Crippen molar-refractivity contribution in [3.05, 3.63) is 30.3 Å². The summed E-state index contributed by atoms with van der Waals surface area (Å²) >= 11 is 0. The number of aldehydes is 1. The Bertz CT molecular complexity index is 213. The highest BCUT2D eigenvalue weighted by atomic mass is 16.4. The molecule has 2 N–H and O–H groups in total. The fourth-order valence-electron chi connectivity index (χ4n) is 0.625. The summed E-state index contributed by atoms with van der Waals surface area (Å²) < 4.78 is 0. The van der Waals surface area contributed by atoms with Crippen LogP contribution in [0.5, 0.6) is 0 Å². The molecule has 0 bridgehead atoms. The molecular formula is C12H23BO3. The summed E-state index contributed by atoms with van der Waals surface area (Å²) in [6.45, 7) is 9.44. The number of hydrogen-bond donors (Lipinski definition) is 2. The van der Waals surface area contributed by atoms with Gasteiger partial charge in [-0.05, 0) is 12.4 Å². The Morgan fingerprint density at radius 1 is 1.00 bits per heavy atom. The standard InChI is InChI=1S/C6H7BO2.C2H4O.2C2H6/c8-7(9)6-4-2-1-3-5-6;1-2-3;2*1-2/h1-5,8-9H;2H,1H3;2*1-2H3. The first-order chi connectivity index (χ1) is 7.72. The summed E-state index contributed by atoms with van der Waals surface area (Å²) in [7, 11) is -1.34. The smallest absolute Gasteiger partial charge is 0.423 e. The lowest BCUT2D eigenvalue weighted by Gasteiger charge is -1.94. The molecule has 0 aliphatic heterocycles. The van der Waals surface area contributed by atoms with Crippen LogP contribution in [0.1, 0.15) is 34.6 Å². The van der Waals surface area contributed by atoms with E-state index in [1.807, 2.05) is 33.8 Å². The SMILES string of the molecule is CC.CC.CC=O.OB(O)c1ccccc1. The molecule has 0 unspecified atom stereocenters. The van der Waals surface area contributed by atoms with Crippen molar-refractivity contribution in [1.29, 1.82) is 0 Å². The first kappa shape index (κ1) is 20.3. The van der Waals surface area contributed by atoms with Crippen LogP contribution < -0.4 is 5.46 Å². The van der Waals surface area contributed by atoms with E-state index in [1.54, 1.807) is 24.3 Å². The molecule has 0 heterocycles. The van der Waals surface area contributed by atoms with Gasteiger partial charge in [-0.25, -0.2) is 0 Å². The Balaban J connectivity index is -0.000000206. The molecule has 1 aromatic carbocycles. The summed E-state index contributed by atoms with van der Waals surface area (Å²) in [5.74, 6) is 0. The van der Waals surface area contributed by atoms with E-state index in [9.17, 15) is 0 Å². The third-order valence-electron chi connectivity index (χ3n) is 1.10. The zero-order chi connectivity index (χ0) is 13.4. The van der Waals surface area contributed by atoms with Crippen molar-refractivity contribution in [1.82, 2.24) is 0 Å². The fourth-order valence-corrected chi connectivity index (χ4v) is 0.625. The van der Waals surface area contributed by atoms with Gasteiger partial charge < -0.3 is 14.8 Å². The van der Waals surface area contributed by atoms with Crippen molar-refractivity contribution in [3.63, 3.8) is 0 Å². The second-order valence-corrected chi connectivity index (χ2v) is 2.02. The van der Waals surface area contributed by atoms with Gasteiger partial charge in [-0.2, -0.15) is 0 Å². The predicted octanol–water partition coefficient (Wildman–Crippen LogP) is 1.62. The van der Waals surface area contributed by atoms with Crippen molar-refractivity contribution < 1.29 is 14.8 Å². The van der Waals surface area contributed by atoms with E-state index in [2.05, 4.69) is 0 Å². The molecule has 0 radical (unpaired) electrons. The normalized spacial score (nSPS) is 6.69. The Morgan fingerprint density at radius 3 is 1.50 bits per heavy atom. The highest BCUT2D eigenvalue weighted by molar-refractivity contribution is 6.58. The van der Waals surface area contributed by atoms with E-state index in [1.165, 1.54) is 6.92 Å². The summed E-state index contributed by atoms with van der Waals surface area (Å²) in [6, 6.07) is 8.66. The molecule has 0 saturated heterocycles. The molecule has 0 atom stereocenters. The van der Waals surface area contributed by atoms with E-state index in [0.717, 1.165) is 6.29 Å². The molecule has 0 aromatic heterocycles. The monoisotopic (exact) mass is 226 g/mol. The minimum absolute atomic E-state index is 0.525. The van der Waals surface area contributed by atoms with Gasteiger partial charge in [-0.3, -0.25) is 0 Å². The van der Waals surface area contributed by atoms with Crippen molar-refractivity contribution in [2.45, 2.75) is 34.6 Å². The maximum atomic E-state index is 8.81. The van der Waals surface area contributed by atoms with Gasteiger partial charge in [-0.1, -0.05) is 58.0 Å². The third kappa shape index (κ3) is 15.4. The maximum absolute atomic E-state index is 8.81. The van der Waals surface area contributed by atoms with E-state index in [4.69, 9.17) is 14.8 Å². The number of hydrogen-bond acceptors (Lipinski definition) is 3. The highest BCUT2D eigenvalue weighted by Gasteiger charge is 2.07. The average Bonchev–Trinajstić information content (AvgIpc) is 2.36. The van der Waals surface area contributed by atoms with Crippen LogP contribution in [0.3, 0.4) is 0 Å². The van der Waals surface area contributed by atoms with Crippen LogP contribution in [-0.4, -0.2) is 23.5 Å². The topological polar surface area (TPSA) is 57.5 Å². The van der Waals surface area contributed by atoms with Crippen LogP contribution in [0.2, 0.25) is 0 Å². The quantitative estimate of drug-likeness (QED) is 0.565. The Kier molecular flexibility index (Phi) is 24.7. The van der Waals surface area contributed by atoms with Gasteiger partial charge in [0.25, 0.3) is 0 Å².